The molecule has 0 saturated heterocycles. The van der Waals surface area contributed by atoms with Crippen LogP contribution < -0.4 is 19.5 Å². The summed E-state index contributed by atoms with van der Waals surface area (Å²) in [4.78, 5) is 12.4. The van der Waals surface area contributed by atoms with E-state index in [1.807, 2.05) is 6.92 Å². The summed E-state index contributed by atoms with van der Waals surface area (Å²) < 4.78 is 38.6. The Labute approximate surface area is 186 Å². The Morgan fingerprint density at radius 1 is 0.935 bits per heavy atom. The number of sulfonamides is 1. The molecule has 0 bridgehead atoms. The van der Waals surface area contributed by atoms with Crippen molar-refractivity contribution in [3.05, 3.63) is 77.3 Å². The maximum Gasteiger partial charge on any atom is 0.263 e. The van der Waals surface area contributed by atoms with E-state index in [9.17, 15) is 13.2 Å². The molecule has 0 aromatic heterocycles. The van der Waals surface area contributed by atoms with E-state index in [0.29, 0.717) is 29.5 Å². The van der Waals surface area contributed by atoms with Crippen LogP contribution >= 0.6 is 11.6 Å². The summed E-state index contributed by atoms with van der Waals surface area (Å²) in [5, 5.41) is 2.72. The standard InChI is InChI=1S/C22H21ClN2O5S/c1-3-30-19-11-5-16(6-12-19)24-22(26)15-4-13-20(23)21(14-15)31(27,28)25-17-7-9-18(29-2)10-8-17/h4-14,25H,3H2,1-2H3,(H,24,26). The highest BCUT2D eigenvalue weighted by molar-refractivity contribution is 7.92. The second-order valence-corrected chi connectivity index (χ2v) is 8.45. The number of carbonyl (C=O) groups is 1. The Morgan fingerprint density at radius 2 is 1.55 bits per heavy atom. The van der Waals surface area contributed by atoms with E-state index in [1.165, 1.54) is 25.3 Å². The lowest BCUT2D eigenvalue weighted by Crippen LogP contribution is -2.16. The van der Waals surface area contributed by atoms with E-state index in [-0.39, 0.29) is 15.5 Å². The number of hydrogen-bond donors (Lipinski definition) is 2. The van der Waals surface area contributed by atoms with Gasteiger partial charge in [-0.05, 0) is 73.7 Å². The third-order valence-corrected chi connectivity index (χ3v) is 6.11. The molecule has 2 N–H and O–H groups in total. The van der Waals surface area contributed by atoms with Gasteiger partial charge in [0.25, 0.3) is 15.9 Å². The zero-order valence-corrected chi connectivity index (χ0v) is 18.5. The fourth-order valence-corrected chi connectivity index (χ4v) is 4.31. The molecule has 0 heterocycles. The maximum atomic E-state index is 12.8. The number of carbonyl (C=O) groups excluding carboxylic acids is 1. The van der Waals surface area contributed by atoms with E-state index < -0.39 is 15.9 Å². The highest BCUT2D eigenvalue weighted by Gasteiger charge is 2.20. The van der Waals surface area contributed by atoms with E-state index in [0.717, 1.165) is 0 Å². The molecule has 1 amide bonds. The molecule has 3 aromatic carbocycles. The van der Waals surface area contributed by atoms with Crippen molar-refractivity contribution in [3.63, 3.8) is 0 Å². The Balaban J connectivity index is 1.80. The van der Waals surface area contributed by atoms with Crippen LogP contribution in [0.15, 0.2) is 71.6 Å². The predicted molar refractivity (Wildman–Crippen MR) is 121 cm³/mol. The summed E-state index contributed by atoms with van der Waals surface area (Å²) in [6.45, 7) is 2.42. The molecule has 0 saturated carbocycles. The molecular formula is C22H21ClN2O5S. The van der Waals surface area contributed by atoms with Gasteiger partial charge < -0.3 is 14.8 Å². The number of anilines is 2. The first kappa shape index (κ1) is 22.5. The zero-order chi connectivity index (χ0) is 22.4. The Kier molecular flexibility index (Phi) is 7.04. The summed E-state index contributed by atoms with van der Waals surface area (Å²) >= 11 is 6.12. The van der Waals surface area contributed by atoms with Gasteiger partial charge in [0.2, 0.25) is 0 Å². The third kappa shape index (κ3) is 5.68. The second-order valence-electron chi connectivity index (χ2n) is 6.39. The molecule has 0 aliphatic rings. The normalized spacial score (nSPS) is 10.9. The number of nitrogens with one attached hydrogen (secondary N) is 2. The van der Waals surface area contributed by atoms with Gasteiger partial charge in [0, 0.05) is 16.9 Å². The van der Waals surface area contributed by atoms with Crippen LogP contribution in [0.25, 0.3) is 0 Å². The van der Waals surface area contributed by atoms with Crippen LogP contribution in [0.5, 0.6) is 11.5 Å². The quantitative estimate of drug-likeness (QED) is 0.503. The predicted octanol–water partition coefficient (Wildman–Crippen LogP) is 4.80. The number of ether oxygens (including phenoxy) is 2. The zero-order valence-electron chi connectivity index (χ0n) is 16.9. The Morgan fingerprint density at radius 3 is 2.16 bits per heavy atom. The van der Waals surface area contributed by atoms with Crippen LogP contribution in [-0.2, 0) is 10.0 Å². The van der Waals surface area contributed by atoms with E-state index in [2.05, 4.69) is 10.0 Å². The van der Waals surface area contributed by atoms with Gasteiger partial charge in [-0.15, -0.1) is 0 Å². The van der Waals surface area contributed by atoms with Crippen LogP contribution in [0.3, 0.4) is 0 Å². The number of rotatable bonds is 8. The molecule has 7 nitrogen and oxygen atoms in total. The van der Waals surface area contributed by atoms with Crippen molar-refractivity contribution in [2.45, 2.75) is 11.8 Å². The van der Waals surface area contributed by atoms with Crippen LogP contribution in [0.2, 0.25) is 5.02 Å². The number of halogens is 1. The van der Waals surface area contributed by atoms with Crippen molar-refractivity contribution >= 4 is 38.9 Å². The first-order chi connectivity index (χ1) is 14.8. The number of amides is 1. The van der Waals surface area contributed by atoms with E-state index in [4.69, 9.17) is 21.1 Å². The van der Waals surface area contributed by atoms with Crippen molar-refractivity contribution in [3.8, 4) is 11.5 Å². The second kappa shape index (κ2) is 9.72. The van der Waals surface area contributed by atoms with Gasteiger partial charge in [-0.2, -0.15) is 0 Å². The van der Waals surface area contributed by atoms with Crippen LogP contribution in [0.1, 0.15) is 17.3 Å². The van der Waals surface area contributed by atoms with Crippen molar-refractivity contribution in [2.75, 3.05) is 23.8 Å². The lowest BCUT2D eigenvalue weighted by molar-refractivity contribution is 0.102. The highest BCUT2D eigenvalue weighted by Crippen LogP contribution is 2.26. The number of hydrogen-bond acceptors (Lipinski definition) is 5. The minimum atomic E-state index is -4.02. The molecule has 3 rings (SSSR count). The third-order valence-electron chi connectivity index (χ3n) is 4.25. The average molecular weight is 461 g/mol. The Bertz CT molecular complexity index is 1160. The highest BCUT2D eigenvalue weighted by atomic mass is 35.5. The van der Waals surface area contributed by atoms with Gasteiger partial charge in [-0.1, -0.05) is 11.6 Å². The molecule has 0 unspecified atom stereocenters. The summed E-state index contributed by atoms with van der Waals surface area (Å²) in [6.07, 6.45) is 0. The van der Waals surface area contributed by atoms with E-state index in [1.54, 1.807) is 48.5 Å². The van der Waals surface area contributed by atoms with Crippen LogP contribution in [-0.4, -0.2) is 28.0 Å². The summed E-state index contributed by atoms with van der Waals surface area (Å²) in [7, 11) is -2.51. The molecule has 9 heteroatoms. The molecule has 0 aliphatic carbocycles. The average Bonchev–Trinajstić information content (AvgIpc) is 2.75. The van der Waals surface area contributed by atoms with Crippen LogP contribution in [0, 0.1) is 0 Å². The summed E-state index contributed by atoms with van der Waals surface area (Å²) in [5.74, 6) is 0.806. The number of methoxy groups -OCH3 is 1. The number of benzene rings is 3. The monoisotopic (exact) mass is 460 g/mol. The maximum absolute atomic E-state index is 12.8. The molecule has 0 aliphatic heterocycles. The molecule has 3 aromatic rings. The topological polar surface area (TPSA) is 93.7 Å². The van der Waals surface area contributed by atoms with Crippen molar-refractivity contribution in [1.82, 2.24) is 0 Å². The SMILES string of the molecule is CCOc1ccc(NC(=O)c2ccc(Cl)c(S(=O)(=O)Nc3ccc(OC)cc3)c2)cc1. The fraction of sp³-hybridized carbons (Fsp3) is 0.136. The largest absolute Gasteiger partial charge is 0.497 e. The molecule has 31 heavy (non-hydrogen) atoms. The molecule has 162 valence electrons. The molecule has 0 radical (unpaired) electrons. The Hall–Kier alpha value is -3.23. The summed E-state index contributed by atoms with van der Waals surface area (Å²) in [5.41, 5.74) is 1.03. The van der Waals surface area contributed by atoms with Gasteiger partial charge in [0.15, 0.2) is 0 Å². The van der Waals surface area contributed by atoms with Gasteiger partial charge in [0.05, 0.1) is 18.7 Å². The first-order valence-electron chi connectivity index (χ1n) is 9.33. The minimum Gasteiger partial charge on any atom is -0.497 e. The first-order valence-corrected chi connectivity index (χ1v) is 11.2. The van der Waals surface area contributed by atoms with Crippen molar-refractivity contribution in [2.24, 2.45) is 0 Å². The molecular weight excluding hydrogens is 440 g/mol. The van der Waals surface area contributed by atoms with Crippen molar-refractivity contribution in [1.29, 1.82) is 0 Å². The van der Waals surface area contributed by atoms with Gasteiger partial charge in [-0.25, -0.2) is 8.42 Å². The summed E-state index contributed by atoms with van der Waals surface area (Å²) in [6, 6.07) is 17.3. The van der Waals surface area contributed by atoms with Crippen LogP contribution in [0.4, 0.5) is 11.4 Å². The minimum absolute atomic E-state index is 0.00127. The molecule has 0 spiro atoms. The smallest absolute Gasteiger partial charge is 0.263 e. The van der Waals surface area contributed by atoms with Gasteiger partial charge in [0.1, 0.15) is 16.4 Å². The molecule has 0 atom stereocenters. The lowest BCUT2D eigenvalue weighted by atomic mass is 10.2. The van der Waals surface area contributed by atoms with E-state index >= 15 is 0 Å². The molecule has 0 fully saturated rings. The fourth-order valence-electron chi connectivity index (χ4n) is 2.72. The van der Waals surface area contributed by atoms with Gasteiger partial charge in [-0.3, -0.25) is 9.52 Å². The van der Waals surface area contributed by atoms with Gasteiger partial charge >= 0.3 is 0 Å². The van der Waals surface area contributed by atoms with Crippen molar-refractivity contribution < 1.29 is 22.7 Å². The lowest BCUT2D eigenvalue weighted by Gasteiger charge is -2.12.